The molecular formula is C16H30O. The van der Waals surface area contributed by atoms with E-state index in [0.29, 0.717) is 6.10 Å². The van der Waals surface area contributed by atoms with Crippen molar-refractivity contribution in [3.8, 4) is 0 Å². The summed E-state index contributed by atoms with van der Waals surface area (Å²) in [6.07, 6.45) is 16.5. The highest BCUT2D eigenvalue weighted by atomic mass is 16.6. The molecule has 0 bridgehead atoms. The fourth-order valence-electron chi connectivity index (χ4n) is 3.45. The summed E-state index contributed by atoms with van der Waals surface area (Å²) in [5.41, 5.74) is 0.196. The van der Waals surface area contributed by atoms with Crippen LogP contribution >= 0.6 is 0 Å². The second-order valence-electron chi connectivity index (χ2n) is 6.66. The van der Waals surface area contributed by atoms with Crippen LogP contribution in [0.1, 0.15) is 84.5 Å². The van der Waals surface area contributed by atoms with Crippen molar-refractivity contribution in [1.82, 2.24) is 0 Å². The summed E-state index contributed by atoms with van der Waals surface area (Å²) in [6, 6.07) is 0. The zero-order chi connectivity index (χ0) is 12.1. The highest BCUT2D eigenvalue weighted by Crippen LogP contribution is 2.44. The Labute approximate surface area is 107 Å². The van der Waals surface area contributed by atoms with Crippen LogP contribution in [0.3, 0.4) is 0 Å². The molecule has 2 aliphatic rings. The van der Waals surface area contributed by atoms with Crippen LogP contribution in [0, 0.1) is 5.92 Å². The monoisotopic (exact) mass is 238 g/mol. The molecule has 1 nitrogen and oxygen atoms in total. The molecule has 1 heterocycles. The summed E-state index contributed by atoms with van der Waals surface area (Å²) >= 11 is 0. The van der Waals surface area contributed by atoms with Gasteiger partial charge in [0.05, 0.1) is 11.7 Å². The normalized spacial score (nSPS) is 32.5. The van der Waals surface area contributed by atoms with Crippen LogP contribution < -0.4 is 0 Å². The lowest BCUT2D eigenvalue weighted by molar-refractivity contribution is 0.270. The molecule has 0 N–H and O–H groups in total. The Bertz CT molecular complexity index is 210. The van der Waals surface area contributed by atoms with Gasteiger partial charge in [0.25, 0.3) is 0 Å². The first-order valence-electron chi connectivity index (χ1n) is 7.88. The lowest BCUT2D eigenvalue weighted by Crippen LogP contribution is -2.15. The molecule has 0 aromatic carbocycles. The first-order valence-corrected chi connectivity index (χ1v) is 7.88. The molecule has 1 saturated heterocycles. The molecule has 100 valence electrons. The van der Waals surface area contributed by atoms with Crippen molar-refractivity contribution in [2.75, 3.05) is 0 Å². The predicted octanol–water partition coefficient (Wildman–Crippen LogP) is 5.08. The van der Waals surface area contributed by atoms with Gasteiger partial charge >= 0.3 is 0 Å². The van der Waals surface area contributed by atoms with Crippen molar-refractivity contribution in [2.24, 2.45) is 5.92 Å². The van der Waals surface area contributed by atoms with Crippen molar-refractivity contribution >= 4 is 0 Å². The Balaban J connectivity index is 1.77. The van der Waals surface area contributed by atoms with Crippen LogP contribution in [0.5, 0.6) is 0 Å². The molecular weight excluding hydrogens is 208 g/mol. The number of epoxide rings is 1. The van der Waals surface area contributed by atoms with Gasteiger partial charge in [-0.1, -0.05) is 57.8 Å². The third-order valence-electron chi connectivity index (χ3n) is 4.64. The van der Waals surface area contributed by atoms with Gasteiger partial charge in [-0.05, 0) is 32.6 Å². The van der Waals surface area contributed by atoms with Crippen molar-refractivity contribution < 1.29 is 4.74 Å². The van der Waals surface area contributed by atoms with Gasteiger partial charge in [0.2, 0.25) is 0 Å². The first kappa shape index (κ1) is 13.4. The minimum absolute atomic E-state index is 0.196. The maximum absolute atomic E-state index is 5.87. The van der Waals surface area contributed by atoms with Crippen LogP contribution in [-0.4, -0.2) is 11.7 Å². The van der Waals surface area contributed by atoms with Gasteiger partial charge < -0.3 is 4.74 Å². The van der Waals surface area contributed by atoms with Crippen molar-refractivity contribution in [3.63, 3.8) is 0 Å². The lowest BCUT2D eigenvalue weighted by Gasteiger charge is -2.16. The highest BCUT2D eigenvalue weighted by Gasteiger charge is 2.51. The Morgan fingerprint density at radius 2 is 1.06 bits per heavy atom. The van der Waals surface area contributed by atoms with Gasteiger partial charge in [-0.15, -0.1) is 0 Å². The van der Waals surface area contributed by atoms with E-state index in [4.69, 9.17) is 4.74 Å². The molecule has 1 aliphatic heterocycles. The van der Waals surface area contributed by atoms with Gasteiger partial charge in [-0.2, -0.15) is 0 Å². The van der Waals surface area contributed by atoms with E-state index in [9.17, 15) is 0 Å². The van der Waals surface area contributed by atoms with E-state index in [-0.39, 0.29) is 5.60 Å². The average molecular weight is 238 g/mol. The van der Waals surface area contributed by atoms with E-state index in [1.165, 1.54) is 70.6 Å². The van der Waals surface area contributed by atoms with Crippen LogP contribution in [0.15, 0.2) is 0 Å². The molecule has 17 heavy (non-hydrogen) atoms. The van der Waals surface area contributed by atoms with Gasteiger partial charge in [-0.3, -0.25) is 0 Å². The number of hydrogen-bond donors (Lipinski definition) is 0. The standard InChI is InChI=1S/C16H30O/c1-16(2)15(17-16)14-12-10-8-6-4-3-5-7-9-11-13-14/h14-15H,3-13H2,1-2H3. The number of ether oxygens (including phenoxy) is 1. The molecule has 0 radical (unpaired) electrons. The van der Waals surface area contributed by atoms with Crippen molar-refractivity contribution in [3.05, 3.63) is 0 Å². The summed E-state index contributed by atoms with van der Waals surface area (Å²) in [7, 11) is 0. The van der Waals surface area contributed by atoms with E-state index < -0.39 is 0 Å². The molecule has 1 heteroatoms. The summed E-state index contributed by atoms with van der Waals surface area (Å²) in [5.74, 6) is 0.851. The van der Waals surface area contributed by atoms with E-state index in [1.54, 1.807) is 0 Å². The van der Waals surface area contributed by atoms with Crippen molar-refractivity contribution in [1.29, 1.82) is 0 Å². The molecule has 1 unspecified atom stereocenters. The Morgan fingerprint density at radius 3 is 1.41 bits per heavy atom. The summed E-state index contributed by atoms with van der Waals surface area (Å²) in [4.78, 5) is 0. The zero-order valence-corrected chi connectivity index (χ0v) is 11.8. The van der Waals surface area contributed by atoms with E-state index >= 15 is 0 Å². The molecule has 1 atom stereocenters. The molecule has 0 aromatic heterocycles. The minimum atomic E-state index is 0.196. The fourth-order valence-corrected chi connectivity index (χ4v) is 3.45. The Kier molecular flexibility index (Phi) is 4.90. The summed E-state index contributed by atoms with van der Waals surface area (Å²) in [6.45, 7) is 4.52. The topological polar surface area (TPSA) is 12.5 Å². The number of rotatable bonds is 1. The molecule has 0 spiro atoms. The van der Waals surface area contributed by atoms with Crippen LogP contribution in [0.25, 0.3) is 0 Å². The quantitative estimate of drug-likeness (QED) is 0.580. The smallest absolute Gasteiger partial charge is 0.0896 e. The Hall–Kier alpha value is -0.0400. The SMILES string of the molecule is CC1(C)OC1C1CCCCCCCCCCC1. The molecule has 2 rings (SSSR count). The zero-order valence-electron chi connectivity index (χ0n) is 11.8. The highest BCUT2D eigenvalue weighted by molar-refractivity contribution is 4.98. The minimum Gasteiger partial charge on any atom is -0.366 e. The second kappa shape index (κ2) is 6.22. The maximum atomic E-state index is 5.87. The fraction of sp³-hybridized carbons (Fsp3) is 1.00. The van der Waals surface area contributed by atoms with Crippen LogP contribution in [0.2, 0.25) is 0 Å². The van der Waals surface area contributed by atoms with Crippen LogP contribution in [0.4, 0.5) is 0 Å². The molecule has 0 aromatic rings. The Morgan fingerprint density at radius 1 is 0.706 bits per heavy atom. The van der Waals surface area contributed by atoms with Crippen molar-refractivity contribution in [2.45, 2.75) is 96.2 Å². The molecule has 1 saturated carbocycles. The van der Waals surface area contributed by atoms with Gasteiger partial charge in [0.15, 0.2) is 0 Å². The molecule has 2 fully saturated rings. The maximum Gasteiger partial charge on any atom is 0.0896 e. The van der Waals surface area contributed by atoms with Gasteiger partial charge in [-0.25, -0.2) is 0 Å². The summed E-state index contributed by atoms with van der Waals surface area (Å²) in [5, 5.41) is 0. The summed E-state index contributed by atoms with van der Waals surface area (Å²) < 4.78 is 5.87. The molecule has 0 amide bonds. The molecule has 1 aliphatic carbocycles. The third-order valence-corrected chi connectivity index (χ3v) is 4.64. The van der Waals surface area contributed by atoms with E-state index in [1.807, 2.05) is 0 Å². The second-order valence-corrected chi connectivity index (χ2v) is 6.66. The first-order chi connectivity index (χ1) is 8.20. The largest absolute Gasteiger partial charge is 0.366 e. The third kappa shape index (κ3) is 4.28. The lowest BCUT2D eigenvalue weighted by atomic mass is 9.87. The number of hydrogen-bond acceptors (Lipinski definition) is 1. The van der Waals surface area contributed by atoms with Gasteiger partial charge in [0, 0.05) is 0 Å². The van der Waals surface area contributed by atoms with Crippen LogP contribution in [-0.2, 0) is 4.74 Å². The average Bonchev–Trinajstić information content (AvgIpc) is 2.88. The van der Waals surface area contributed by atoms with E-state index in [2.05, 4.69) is 13.8 Å². The van der Waals surface area contributed by atoms with Gasteiger partial charge in [0.1, 0.15) is 0 Å². The predicted molar refractivity (Wildman–Crippen MR) is 73.2 cm³/mol. The van der Waals surface area contributed by atoms with E-state index in [0.717, 1.165) is 5.92 Å².